The van der Waals surface area contributed by atoms with Crippen LogP contribution in [0.15, 0.2) is 48.8 Å². The summed E-state index contributed by atoms with van der Waals surface area (Å²) in [4.78, 5) is 14.9. The molecular formula is C28H28N6O. The Morgan fingerprint density at radius 1 is 1.14 bits per heavy atom. The minimum Gasteiger partial charge on any atom is -0.379 e. The SMILES string of the molecule is Cc1nc(Nc2ccc3[nH]ccc3c2C)c(C#N)cc1/C=C/c1ccc(CN2CCOCC2)cn1. The monoisotopic (exact) mass is 464 g/mol. The molecule has 4 aromatic rings. The van der Waals surface area contributed by atoms with Gasteiger partial charge in [-0.15, -0.1) is 0 Å². The second-order valence-corrected chi connectivity index (χ2v) is 8.79. The van der Waals surface area contributed by atoms with Gasteiger partial charge in [-0.3, -0.25) is 9.88 Å². The molecule has 0 amide bonds. The van der Waals surface area contributed by atoms with Gasteiger partial charge in [0.2, 0.25) is 0 Å². The molecule has 1 aromatic carbocycles. The van der Waals surface area contributed by atoms with Crippen LogP contribution in [0.3, 0.4) is 0 Å². The Morgan fingerprint density at radius 2 is 2.00 bits per heavy atom. The third-order valence-corrected chi connectivity index (χ3v) is 6.42. The minimum absolute atomic E-state index is 0.498. The number of anilines is 2. The lowest BCUT2D eigenvalue weighted by Crippen LogP contribution is -2.35. The summed E-state index contributed by atoms with van der Waals surface area (Å²) < 4.78 is 5.41. The van der Waals surface area contributed by atoms with Gasteiger partial charge in [0.1, 0.15) is 11.9 Å². The minimum atomic E-state index is 0.498. The lowest BCUT2D eigenvalue weighted by molar-refractivity contribution is 0.0341. The number of benzene rings is 1. The number of rotatable bonds is 6. The molecular weight excluding hydrogens is 436 g/mol. The lowest BCUT2D eigenvalue weighted by atomic mass is 10.1. The second kappa shape index (κ2) is 10.1. The molecule has 0 saturated carbocycles. The Morgan fingerprint density at radius 3 is 2.77 bits per heavy atom. The van der Waals surface area contributed by atoms with E-state index in [-0.39, 0.29) is 0 Å². The van der Waals surface area contributed by atoms with Gasteiger partial charge < -0.3 is 15.0 Å². The van der Waals surface area contributed by atoms with Crippen molar-refractivity contribution in [3.05, 3.63) is 82.4 Å². The van der Waals surface area contributed by atoms with Gasteiger partial charge in [0.15, 0.2) is 0 Å². The van der Waals surface area contributed by atoms with Crippen LogP contribution in [0.5, 0.6) is 0 Å². The standard InChI is InChI=1S/C28H28N6O/c1-19-25-9-10-30-27(25)8-7-26(19)33-28-23(16-29)15-22(20(2)32-28)4-6-24-5-3-21(17-31-24)18-34-11-13-35-14-12-34/h3-10,15,17,30H,11-14,18H2,1-2H3,(H,32,33)/b6-4+. The normalized spacial score (nSPS) is 14.4. The highest BCUT2D eigenvalue weighted by Gasteiger charge is 2.12. The molecule has 2 N–H and O–H groups in total. The summed E-state index contributed by atoms with van der Waals surface area (Å²) >= 11 is 0. The summed E-state index contributed by atoms with van der Waals surface area (Å²) in [6, 6.07) is 14.4. The van der Waals surface area contributed by atoms with E-state index in [1.54, 1.807) is 0 Å². The quantitative estimate of drug-likeness (QED) is 0.408. The van der Waals surface area contributed by atoms with E-state index < -0.39 is 0 Å². The fourth-order valence-corrected chi connectivity index (χ4v) is 4.34. The van der Waals surface area contributed by atoms with Gasteiger partial charge in [0.05, 0.1) is 24.5 Å². The summed E-state index contributed by atoms with van der Waals surface area (Å²) in [5, 5.41) is 14.3. The Balaban J connectivity index is 1.32. The van der Waals surface area contributed by atoms with Crippen molar-refractivity contribution in [3.63, 3.8) is 0 Å². The molecule has 1 saturated heterocycles. The van der Waals surface area contributed by atoms with Gasteiger partial charge in [-0.1, -0.05) is 12.1 Å². The first-order chi connectivity index (χ1) is 17.1. The van der Waals surface area contributed by atoms with Crippen LogP contribution in [-0.2, 0) is 11.3 Å². The molecule has 1 aliphatic heterocycles. The number of aryl methyl sites for hydroxylation is 2. The number of hydrogen-bond acceptors (Lipinski definition) is 6. The van der Waals surface area contributed by atoms with Crippen LogP contribution >= 0.6 is 0 Å². The number of aromatic nitrogens is 3. The van der Waals surface area contributed by atoms with Gasteiger partial charge in [0.25, 0.3) is 0 Å². The molecule has 1 aliphatic rings. The number of nitrogens with zero attached hydrogens (tertiary/aromatic N) is 4. The molecule has 35 heavy (non-hydrogen) atoms. The van der Waals surface area contributed by atoms with Crippen molar-refractivity contribution in [1.82, 2.24) is 19.9 Å². The zero-order valence-corrected chi connectivity index (χ0v) is 20.0. The van der Waals surface area contributed by atoms with Crippen LogP contribution in [0.1, 0.15) is 33.6 Å². The van der Waals surface area contributed by atoms with Crippen molar-refractivity contribution in [2.45, 2.75) is 20.4 Å². The van der Waals surface area contributed by atoms with E-state index in [1.807, 2.05) is 55.7 Å². The number of nitriles is 1. The first-order valence-electron chi connectivity index (χ1n) is 11.8. The van der Waals surface area contributed by atoms with E-state index in [1.165, 1.54) is 5.56 Å². The number of hydrogen-bond donors (Lipinski definition) is 2. The predicted molar refractivity (Wildman–Crippen MR) is 139 cm³/mol. The van der Waals surface area contributed by atoms with E-state index in [0.717, 1.165) is 72.0 Å². The Hall–Kier alpha value is -3.99. The van der Waals surface area contributed by atoms with E-state index in [2.05, 4.69) is 45.3 Å². The Kier molecular flexibility index (Phi) is 6.57. The zero-order valence-electron chi connectivity index (χ0n) is 20.0. The molecule has 0 spiro atoms. The number of pyridine rings is 2. The molecule has 3 aromatic heterocycles. The summed E-state index contributed by atoms with van der Waals surface area (Å²) in [6.07, 6.45) is 7.78. The number of fused-ring (bicyclic) bond motifs is 1. The number of nitrogens with one attached hydrogen (secondary N) is 2. The molecule has 0 aliphatic carbocycles. The van der Waals surface area contributed by atoms with Crippen LogP contribution in [0, 0.1) is 25.2 Å². The van der Waals surface area contributed by atoms with Crippen molar-refractivity contribution >= 4 is 34.6 Å². The molecule has 7 heteroatoms. The Bertz CT molecular complexity index is 1410. The first-order valence-corrected chi connectivity index (χ1v) is 11.8. The van der Waals surface area contributed by atoms with Crippen molar-refractivity contribution in [2.24, 2.45) is 0 Å². The van der Waals surface area contributed by atoms with Crippen molar-refractivity contribution in [1.29, 1.82) is 5.26 Å². The smallest absolute Gasteiger partial charge is 0.148 e. The molecule has 1 fully saturated rings. The van der Waals surface area contributed by atoms with Gasteiger partial charge in [-0.25, -0.2) is 4.98 Å². The number of morpholine rings is 1. The highest BCUT2D eigenvalue weighted by atomic mass is 16.5. The average Bonchev–Trinajstić information content (AvgIpc) is 3.37. The fourth-order valence-electron chi connectivity index (χ4n) is 4.34. The fraction of sp³-hybridized carbons (Fsp3) is 0.250. The topological polar surface area (TPSA) is 89.9 Å². The molecule has 0 radical (unpaired) electrons. The maximum absolute atomic E-state index is 9.79. The van der Waals surface area contributed by atoms with Crippen LogP contribution in [0.2, 0.25) is 0 Å². The maximum Gasteiger partial charge on any atom is 0.148 e. The van der Waals surface area contributed by atoms with Gasteiger partial charge in [-0.05, 0) is 66.9 Å². The molecule has 0 bridgehead atoms. The van der Waals surface area contributed by atoms with E-state index >= 15 is 0 Å². The highest BCUT2D eigenvalue weighted by Crippen LogP contribution is 2.29. The maximum atomic E-state index is 9.79. The highest BCUT2D eigenvalue weighted by molar-refractivity contribution is 5.88. The molecule has 0 unspecified atom stereocenters. The average molecular weight is 465 g/mol. The molecule has 176 valence electrons. The van der Waals surface area contributed by atoms with E-state index in [4.69, 9.17) is 9.72 Å². The molecule has 5 rings (SSSR count). The largest absolute Gasteiger partial charge is 0.379 e. The van der Waals surface area contributed by atoms with Crippen LogP contribution in [0.25, 0.3) is 23.1 Å². The zero-order chi connectivity index (χ0) is 24.2. The molecule has 7 nitrogen and oxygen atoms in total. The Labute approximate surface area is 205 Å². The van der Waals surface area contributed by atoms with Gasteiger partial charge in [0, 0.05) is 54.3 Å². The second-order valence-electron chi connectivity index (χ2n) is 8.79. The van der Waals surface area contributed by atoms with Crippen molar-refractivity contribution < 1.29 is 4.74 Å². The summed E-state index contributed by atoms with van der Waals surface area (Å²) in [7, 11) is 0. The third-order valence-electron chi connectivity index (χ3n) is 6.42. The number of H-pyrrole nitrogens is 1. The van der Waals surface area contributed by atoms with Crippen LogP contribution in [-0.4, -0.2) is 46.2 Å². The summed E-state index contributed by atoms with van der Waals surface area (Å²) in [5.41, 5.74) is 7.42. The lowest BCUT2D eigenvalue weighted by Gasteiger charge is -2.26. The predicted octanol–water partition coefficient (Wildman–Crippen LogP) is 5.19. The molecule has 0 atom stereocenters. The summed E-state index contributed by atoms with van der Waals surface area (Å²) in [5.74, 6) is 0.561. The van der Waals surface area contributed by atoms with E-state index in [0.29, 0.717) is 11.4 Å². The van der Waals surface area contributed by atoms with E-state index in [9.17, 15) is 5.26 Å². The van der Waals surface area contributed by atoms with Crippen LogP contribution < -0.4 is 5.32 Å². The molecule has 4 heterocycles. The number of ether oxygens (including phenoxy) is 1. The number of aromatic amines is 1. The van der Waals surface area contributed by atoms with Crippen molar-refractivity contribution in [3.8, 4) is 6.07 Å². The van der Waals surface area contributed by atoms with Gasteiger partial charge in [-0.2, -0.15) is 5.26 Å². The van der Waals surface area contributed by atoms with Gasteiger partial charge >= 0.3 is 0 Å². The summed E-state index contributed by atoms with van der Waals surface area (Å²) in [6.45, 7) is 8.41. The first kappa shape index (κ1) is 22.8. The third kappa shape index (κ3) is 5.09. The van der Waals surface area contributed by atoms with Crippen LogP contribution in [0.4, 0.5) is 11.5 Å². The van der Waals surface area contributed by atoms with Crippen molar-refractivity contribution in [2.75, 3.05) is 31.6 Å².